The number of fused-ring (bicyclic) bond motifs is 1. The van der Waals surface area contributed by atoms with Gasteiger partial charge in [0.1, 0.15) is 6.10 Å². The van der Waals surface area contributed by atoms with Crippen LogP contribution in [0.25, 0.3) is 10.8 Å². The van der Waals surface area contributed by atoms with E-state index in [1.807, 2.05) is 0 Å². The van der Waals surface area contributed by atoms with Crippen molar-refractivity contribution in [1.29, 1.82) is 5.26 Å². The van der Waals surface area contributed by atoms with Crippen LogP contribution in [0.1, 0.15) is 28.4 Å². The molecule has 0 aliphatic heterocycles. The van der Waals surface area contributed by atoms with E-state index < -0.39 is 18.2 Å². The summed E-state index contributed by atoms with van der Waals surface area (Å²) < 4.78 is 0. The molecule has 102 valence electrons. The molecule has 2 rings (SSSR count). The van der Waals surface area contributed by atoms with Crippen molar-refractivity contribution in [3.63, 3.8) is 0 Å². The third kappa shape index (κ3) is 2.77. The zero-order chi connectivity index (χ0) is 14.7. The molecule has 0 spiro atoms. The van der Waals surface area contributed by atoms with Gasteiger partial charge < -0.3 is 15.3 Å². The minimum absolute atomic E-state index is 0.156. The van der Waals surface area contributed by atoms with Crippen LogP contribution in [-0.4, -0.2) is 27.4 Å². The Morgan fingerprint density at radius 1 is 1.15 bits per heavy atom. The summed E-state index contributed by atoms with van der Waals surface area (Å²) in [6.45, 7) is 0. The SMILES string of the molecule is N#CCC(O)C(O)c1ccc2cc(C(=O)O)ccc2c1. The highest BCUT2D eigenvalue weighted by Gasteiger charge is 2.18. The molecular weight excluding hydrogens is 258 g/mol. The number of carbonyl (C=O) groups is 1. The smallest absolute Gasteiger partial charge is 0.335 e. The van der Waals surface area contributed by atoms with Crippen LogP contribution in [0.2, 0.25) is 0 Å². The molecule has 0 saturated carbocycles. The standard InChI is InChI=1S/C15H13NO4/c16-6-5-13(17)14(18)11-3-1-10-8-12(15(19)20)4-2-9(10)7-11/h1-4,7-8,13-14,17-18H,5H2,(H,19,20). The summed E-state index contributed by atoms with van der Waals surface area (Å²) in [5.41, 5.74) is 0.679. The molecule has 2 atom stereocenters. The Kier molecular flexibility index (Phi) is 3.99. The summed E-state index contributed by atoms with van der Waals surface area (Å²) in [6.07, 6.45) is -2.44. The molecule has 3 N–H and O–H groups in total. The number of aromatic carboxylic acids is 1. The third-order valence-corrected chi connectivity index (χ3v) is 3.12. The molecule has 5 nitrogen and oxygen atoms in total. The van der Waals surface area contributed by atoms with Crippen molar-refractivity contribution in [2.45, 2.75) is 18.6 Å². The topological polar surface area (TPSA) is 102 Å². The van der Waals surface area contributed by atoms with E-state index >= 15 is 0 Å². The number of hydrogen-bond acceptors (Lipinski definition) is 4. The number of hydrogen-bond donors (Lipinski definition) is 3. The number of aliphatic hydroxyl groups is 2. The zero-order valence-electron chi connectivity index (χ0n) is 10.5. The Balaban J connectivity index is 2.37. The van der Waals surface area contributed by atoms with Gasteiger partial charge in [-0.15, -0.1) is 0 Å². The largest absolute Gasteiger partial charge is 0.478 e. The molecular formula is C15H13NO4. The average molecular weight is 271 g/mol. The maximum absolute atomic E-state index is 10.9. The number of rotatable bonds is 4. The van der Waals surface area contributed by atoms with E-state index in [1.54, 1.807) is 36.4 Å². The minimum atomic E-state index is -1.14. The number of benzene rings is 2. The molecule has 0 fully saturated rings. The zero-order valence-corrected chi connectivity index (χ0v) is 10.5. The van der Waals surface area contributed by atoms with Crippen LogP contribution >= 0.6 is 0 Å². The van der Waals surface area contributed by atoms with Gasteiger partial charge in [0.05, 0.1) is 24.2 Å². The number of nitrogens with zero attached hydrogens (tertiary/aromatic N) is 1. The lowest BCUT2D eigenvalue weighted by molar-refractivity contribution is 0.0217. The van der Waals surface area contributed by atoms with Crippen molar-refractivity contribution in [3.05, 3.63) is 47.5 Å². The van der Waals surface area contributed by atoms with E-state index in [0.717, 1.165) is 10.8 Å². The Hall–Kier alpha value is -2.42. The first-order valence-electron chi connectivity index (χ1n) is 6.03. The van der Waals surface area contributed by atoms with Gasteiger partial charge in [0.25, 0.3) is 0 Å². The first-order chi connectivity index (χ1) is 9.52. The van der Waals surface area contributed by atoms with Crippen LogP contribution in [0.4, 0.5) is 0 Å². The van der Waals surface area contributed by atoms with Crippen LogP contribution in [0.3, 0.4) is 0 Å². The summed E-state index contributed by atoms with van der Waals surface area (Å²) in [5.74, 6) is -1.000. The predicted molar refractivity (Wildman–Crippen MR) is 72.1 cm³/mol. The van der Waals surface area contributed by atoms with E-state index in [-0.39, 0.29) is 12.0 Å². The summed E-state index contributed by atoms with van der Waals surface area (Å²) in [7, 11) is 0. The van der Waals surface area contributed by atoms with Crippen LogP contribution < -0.4 is 0 Å². The Morgan fingerprint density at radius 2 is 1.80 bits per heavy atom. The van der Waals surface area contributed by atoms with Crippen molar-refractivity contribution in [1.82, 2.24) is 0 Å². The van der Waals surface area contributed by atoms with Crippen molar-refractivity contribution in [2.24, 2.45) is 0 Å². The van der Waals surface area contributed by atoms with Gasteiger partial charge in [0.15, 0.2) is 0 Å². The van der Waals surface area contributed by atoms with E-state index in [9.17, 15) is 15.0 Å². The molecule has 0 saturated heterocycles. The summed E-state index contributed by atoms with van der Waals surface area (Å²) in [5, 5.41) is 38.5. The second-order valence-corrected chi connectivity index (χ2v) is 4.50. The fraction of sp³-hybridized carbons (Fsp3) is 0.200. The molecule has 5 heteroatoms. The molecule has 0 aliphatic rings. The van der Waals surface area contributed by atoms with E-state index in [1.165, 1.54) is 6.07 Å². The second-order valence-electron chi connectivity index (χ2n) is 4.50. The Bertz CT molecular complexity index is 690. The molecule has 20 heavy (non-hydrogen) atoms. The highest BCUT2D eigenvalue weighted by Crippen LogP contribution is 2.24. The maximum atomic E-state index is 10.9. The highest BCUT2D eigenvalue weighted by atomic mass is 16.4. The second kappa shape index (κ2) is 5.70. The molecule has 0 aromatic heterocycles. The predicted octanol–water partition coefficient (Wildman–Crippen LogP) is 1.85. The van der Waals surface area contributed by atoms with Crippen LogP contribution in [0.15, 0.2) is 36.4 Å². The van der Waals surface area contributed by atoms with Gasteiger partial charge >= 0.3 is 5.97 Å². The number of carboxylic acid groups (broad SMARTS) is 1. The van der Waals surface area contributed by atoms with E-state index in [2.05, 4.69) is 0 Å². The first kappa shape index (κ1) is 14.0. The Labute approximate surface area is 115 Å². The average Bonchev–Trinajstić information content (AvgIpc) is 2.45. The van der Waals surface area contributed by atoms with Gasteiger partial charge in [0.2, 0.25) is 0 Å². The first-order valence-corrected chi connectivity index (χ1v) is 6.03. The third-order valence-electron chi connectivity index (χ3n) is 3.12. The molecule has 2 unspecified atom stereocenters. The monoisotopic (exact) mass is 271 g/mol. The van der Waals surface area contributed by atoms with E-state index in [4.69, 9.17) is 10.4 Å². The molecule has 2 aromatic rings. The molecule has 0 bridgehead atoms. The van der Waals surface area contributed by atoms with Gasteiger partial charge in [-0.3, -0.25) is 0 Å². The molecule has 0 radical (unpaired) electrons. The summed E-state index contributed by atoms with van der Waals surface area (Å²) in [4.78, 5) is 10.9. The van der Waals surface area contributed by atoms with Crippen molar-refractivity contribution >= 4 is 16.7 Å². The normalized spacial score (nSPS) is 13.7. The fourth-order valence-electron chi connectivity index (χ4n) is 2.01. The fourth-order valence-corrected chi connectivity index (χ4v) is 2.01. The van der Waals surface area contributed by atoms with Gasteiger partial charge in [0, 0.05) is 0 Å². The molecule has 0 aliphatic carbocycles. The Morgan fingerprint density at radius 3 is 2.45 bits per heavy atom. The molecule has 0 amide bonds. The van der Waals surface area contributed by atoms with Crippen molar-refractivity contribution in [3.8, 4) is 6.07 Å². The minimum Gasteiger partial charge on any atom is -0.478 e. The number of carboxylic acids is 1. The van der Waals surface area contributed by atoms with Crippen molar-refractivity contribution < 1.29 is 20.1 Å². The van der Waals surface area contributed by atoms with E-state index in [0.29, 0.717) is 5.56 Å². The quantitative estimate of drug-likeness (QED) is 0.787. The van der Waals surface area contributed by atoms with Gasteiger partial charge in [-0.05, 0) is 34.5 Å². The number of aliphatic hydroxyl groups excluding tert-OH is 2. The van der Waals surface area contributed by atoms with Gasteiger partial charge in [-0.25, -0.2) is 4.79 Å². The molecule has 0 heterocycles. The summed E-state index contributed by atoms with van der Waals surface area (Å²) >= 11 is 0. The van der Waals surface area contributed by atoms with Crippen LogP contribution in [0, 0.1) is 11.3 Å². The van der Waals surface area contributed by atoms with Crippen LogP contribution in [-0.2, 0) is 0 Å². The lowest BCUT2D eigenvalue weighted by atomic mass is 9.98. The summed E-state index contributed by atoms with van der Waals surface area (Å²) in [6, 6.07) is 11.4. The molecule has 2 aromatic carbocycles. The van der Waals surface area contributed by atoms with Crippen molar-refractivity contribution in [2.75, 3.05) is 0 Å². The lowest BCUT2D eigenvalue weighted by Gasteiger charge is -2.16. The number of nitriles is 1. The van der Waals surface area contributed by atoms with Gasteiger partial charge in [-0.2, -0.15) is 5.26 Å². The maximum Gasteiger partial charge on any atom is 0.335 e. The highest BCUT2D eigenvalue weighted by molar-refractivity contribution is 5.94. The lowest BCUT2D eigenvalue weighted by Crippen LogP contribution is -2.17. The van der Waals surface area contributed by atoms with Crippen LogP contribution in [0.5, 0.6) is 0 Å². The van der Waals surface area contributed by atoms with Gasteiger partial charge in [-0.1, -0.05) is 18.2 Å².